The van der Waals surface area contributed by atoms with Gasteiger partial charge in [-0.15, -0.1) is 24.0 Å². The summed E-state index contributed by atoms with van der Waals surface area (Å²) in [5.74, 6) is 3.22. The van der Waals surface area contributed by atoms with E-state index in [0.29, 0.717) is 13.2 Å². The molecule has 0 atom stereocenters. The van der Waals surface area contributed by atoms with Crippen LogP contribution in [0, 0.1) is 0 Å². The first kappa shape index (κ1) is 24.9. The molecule has 0 radical (unpaired) electrons. The van der Waals surface area contributed by atoms with Gasteiger partial charge in [0.1, 0.15) is 5.75 Å². The van der Waals surface area contributed by atoms with E-state index in [2.05, 4.69) is 27.8 Å². The summed E-state index contributed by atoms with van der Waals surface area (Å²) >= 11 is 0. The molecule has 0 saturated carbocycles. The van der Waals surface area contributed by atoms with Crippen LogP contribution in [0.2, 0.25) is 0 Å². The van der Waals surface area contributed by atoms with Gasteiger partial charge in [-0.25, -0.2) is 0 Å². The molecule has 0 spiro atoms. The lowest BCUT2D eigenvalue weighted by atomic mass is 10.1. The van der Waals surface area contributed by atoms with Crippen LogP contribution in [0.5, 0.6) is 17.2 Å². The number of benzene rings is 2. The van der Waals surface area contributed by atoms with Gasteiger partial charge in [-0.1, -0.05) is 18.2 Å². The highest BCUT2D eigenvalue weighted by Gasteiger charge is 2.05. The summed E-state index contributed by atoms with van der Waals surface area (Å²) in [5, 5.41) is 6.68. The second-order valence-corrected chi connectivity index (χ2v) is 6.22. The number of halogens is 1. The molecule has 160 valence electrons. The SMILES string of the molecule is CCOc1cc(CCCNC(=NC)NCc2ccc(OC)cc2)ccc1OC.I. The average Bonchev–Trinajstić information content (AvgIpc) is 2.74. The molecular weight excluding hydrogens is 481 g/mol. The van der Waals surface area contributed by atoms with E-state index in [9.17, 15) is 0 Å². The van der Waals surface area contributed by atoms with Gasteiger partial charge in [0.15, 0.2) is 17.5 Å². The van der Waals surface area contributed by atoms with E-state index in [0.717, 1.165) is 42.6 Å². The lowest BCUT2D eigenvalue weighted by Crippen LogP contribution is -2.37. The first-order valence-corrected chi connectivity index (χ1v) is 9.57. The van der Waals surface area contributed by atoms with Crippen LogP contribution >= 0.6 is 24.0 Å². The van der Waals surface area contributed by atoms with E-state index >= 15 is 0 Å². The Morgan fingerprint density at radius 1 is 0.931 bits per heavy atom. The Bertz CT molecular complexity index is 751. The van der Waals surface area contributed by atoms with Gasteiger partial charge in [-0.3, -0.25) is 4.99 Å². The van der Waals surface area contributed by atoms with Crippen molar-refractivity contribution in [3.05, 3.63) is 53.6 Å². The predicted molar refractivity (Wildman–Crippen MR) is 129 cm³/mol. The third-order valence-corrected chi connectivity index (χ3v) is 4.31. The summed E-state index contributed by atoms with van der Waals surface area (Å²) in [6.07, 6.45) is 1.94. The predicted octanol–water partition coefficient (Wildman–Crippen LogP) is 4.02. The van der Waals surface area contributed by atoms with E-state index in [-0.39, 0.29) is 24.0 Å². The van der Waals surface area contributed by atoms with E-state index in [1.807, 2.05) is 37.3 Å². The van der Waals surface area contributed by atoms with E-state index in [1.165, 1.54) is 11.1 Å². The fourth-order valence-corrected chi connectivity index (χ4v) is 2.79. The molecule has 0 unspecified atom stereocenters. The first-order chi connectivity index (χ1) is 13.7. The summed E-state index contributed by atoms with van der Waals surface area (Å²) in [4.78, 5) is 4.28. The van der Waals surface area contributed by atoms with Gasteiger partial charge in [0.05, 0.1) is 20.8 Å². The van der Waals surface area contributed by atoms with Gasteiger partial charge < -0.3 is 24.8 Å². The van der Waals surface area contributed by atoms with Crippen LogP contribution in [0.4, 0.5) is 0 Å². The maximum atomic E-state index is 5.64. The maximum Gasteiger partial charge on any atom is 0.191 e. The molecule has 0 aliphatic rings. The Hall–Kier alpha value is -2.16. The minimum atomic E-state index is 0. The van der Waals surface area contributed by atoms with E-state index < -0.39 is 0 Å². The van der Waals surface area contributed by atoms with Gasteiger partial charge in [-0.05, 0) is 55.2 Å². The minimum absolute atomic E-state index is 0. The molecule has 0 bridgehead atoms. The van der Waals surface area contributed by atoms with Crippen LogP contribution in [0.15, 0.2) is 47.5 Å². The number of hydrogen-bond acceptors (Lipinski definition) is 4. The number of nitrogens with one attached hydrogen (secondary N) is 2. The molecule has 0 amide bonds. The van der Waals surface area contributed by atoms with Gasteiger partial charge in [0, 0.05) is 20.1 Å². The Morgan fingerprint density at radius 2 is 1.66 bits per heavy atom. The van der Waals surface area contributed by atoms with Crippen LogP contribution < -0.4 is 24.8 Å². The number of hydrogen-bond donors (Lipinski definition) is 2. The van der Waals surface area contributed by atoms with Crippen LogP contribution in [0.3, 0.4) is 0 Å². The highest BCUT2D eigenvalue weighted by Crippen LogP contribution is 2.28. The smallest absolute Gasteiger partial charge is 0.191 e. The molecule has 0 aromatic heterocycles. The summed E-state index contributed by atoms with van der Waals surface area (Å²) < 4.78 is 16.2. The zero-order valence-electron chi connectivity index (χ0n) is 17.7. The van der Waals surface area contributed by atoms with E-state index in [1.54, 1.807) is 21.3 Å². The summed E-state index contributed by atoms with van der Waals surface area (Å²) in [6.45, 7) is 4.14. The van der Waals surface area contributed by atoms with Gasteiger partial charge in [-0.2, -0.15) is 0 Å². The van der Waals surface area contributed by atoms with Crippen LogP contribution in [-0.4, -0.2) is 40.4 Å². The maximum absolute atomic E-state index is 5.64. The molecule has 2 aromatic carbocycles. The normalized spacial score (nSPS) is 10.7. The van der Waals surface area contributed by atoms with Gasteiger partial charge in [0.25, 0.3) is 0 Å². The molecule has 6 nitrogen and oxygen atoms in total. The number of aryl methyl sites for hydroxylation is 1. The highest BCUT2D eigenvalue weighted by atomic mass is 127. The molecule has 0 fully saturated rings. The molecule has 29 heavy (non-hydrogen) atoms. The fraction of sp³-hybridized carbons (Fsp3) is 0.409. The summed E-state index contributed by atoms with van der Waals surface area (Å²) in [7, 11) is 5.11. The number of ether oxygens (including phenoxy) is 3. The van der Waals surface area contributed by atoms with Crippen molar-refractivity contribution in [3.63, 3.8) is 0 Å². The zero-order valence-corrected chi connectivity index (χ0v) is 20.0. The van der Waals surface area contributed by atoms with Crippen molar-refractivity contribution in [1.29, 1.82) is 0 Å². The molecule has 0 aliphatic heterocycles. The first-order valence-electron chi connectivity index (χ1n) is 9.57. The van der Waals surface area contributed by atoms with Crippen molar-refractivity contribution in [2.75, 3.05) is 34.4 Å². The molecule has 0 saturated heterocycles. The molecule has 2 N–H and O–H groups in total. The van der Waals surface area contributed by atoms with Gasteiger partial charge in [0.2, 0.25) is 0 Å². The van der Waals surface area contributed by atoms with Crippen LogP contribution in [0.1, 0.15) is 24.5 Å². The van der Waals surface area contributed by atoms with Crippen molar-refractivity contribution in [3.8, 4) is 17.2 Å². The van der Waals surface area contributed by atoms with Crippen molar-refractivity contribution in [1.82, 2.24) is 10.6 Å². The number of rotatable bonds is 10. The number of guanidine groups is 1. The summed E-state index contributed by atoms with van der Waals surface area (Å²) in [5.41, 5.74) is 2.40. The molecule has 2 aromatic rings. The lowest BCUT2D eigenvalue weighted by molar-refractivity contribution is 0.310. The molecule has 0 aliphatic carbocycles. The third-order valence-electron chi connectivity index (χ3n) is 4.31. The molecule has 2 rings (SSSR count). The lowest BCUT2D eigenvalue weighted by Gasteiger charge is -2.13. The molecule has 7 heteroatoms. The highest BCUT2D eigenvalue weighted by molar-refractivity contribution is 14.0. The fourth-order valence-electron chi connectivity index (χ4n) is 2.79. The second-order valence-electron chi connectivity index (χ2n) is 6.22. The monoisotopic (exact) mass is 513 g/mol. The van der Waals surface area contributed by atoms with Crippen molar-refractivity contribution >= 4 is 29.9 Å². The topological polar surface area (TPSA) is 64.1 Å². The van der Waals surface area contributed by atoms with Crippen molar-refractivity contribution in [2.45, 2.75) is 26.3 Å². The number of nitrogens with zero attached hydrogens (tertiary/aromatic N) is 1. The Balaban J connectivity index is 0.00000420. The van der Waals surface area contributed by atoms with Crippen molar-refractivity contribution in [2.24, 2.45) is 4.99 Å². The van der Waals surface area contributed by atoms with Gasteiger partial charge >= 0.3 is 0 Å². The number of aliphatic imine (C=N–C) groups is 1. The van der Waals surface area contributed by atoms with Crippen LogP contribution in [-0.2, 0) is 13.0 Å². The summed E-state index contributed by atoms with van der Waals surface area (Å²) in [6, 6.07) is 14.1. The molecule has 0 heterocycles. The largest absolute Gasteiger partial charge is 0.497 e. The standard InChI is InChI=1S/C22H31N3O3.HI/c1-5-28-21-15-17(10-13-20(21)27-4)7-6-14-24-22(23-2)25-16-18-8-11-19(26-3)12-9-18;/h8-13,15H,5-7,14,16H2,1-4H3,(H2,23,24,25);1H. The minimum Gasteiger partial charge on any atom is -0.497 e. The molecular formula is C22H32IN3O3. The number of methoxy groups -OCH3 is 2. The Kier molecular flexibility index (Phi) is 11.9. The zero-order chi connectivity index (χ0) is 20.2. The van der Waals surface area contributed by atoms with Crippen molar-refractivity contribution < 1.29 is 14.2 Å². The quantitative estimate of drug-likeness (QED) is 0.218. The average molecular weight is 513 g/mol. The second kappa shape index (κ2) is 13.9. The Morgan fingerprint density at radius 3 is 2.28 bits per heavy atom. The van der Waals surface area contributed by atoms with E-state index in [4.69, 9.17) is 14.2 Å². The van der Waals surface area contributed by atoms with Crippen LogP contribution in [0.25, 0.3) is 0 Å². The third kappa shape index (κ3) is 8.39. The Labute approximate surface area is 191 Å².